The van der Waals surface area contributed by atoms with E-state index in [1.165, 1.54) is 11.1 Å². The van der Waals surface area contributed by atoms with Crippen LogP contribution in [0, 0.1) is 18.8 Å². The highest BCUT2D eigenvalue weighted by molar-refractivity contribution is 5.25. The summed E-state index contributed by atoms with van der Waals surface area (Å²) in [5.41, 5.74) is 8.36. The number of rotatable bonds is 2. The van der Waals surface area contributed by atoms with Crippen LogP contribution in [0.25, 0.3) is 0 Å². The van der Waals surface area contributed by atoms with Gasteiger partial charge in [-0.05, 0) is 19.4 Å². The summed E-state index contributed by atoms with van der Waals surface area (Å²) in [5.74, 6) is 5.84. The van der Waals surface area contributed by atoms with E-state index in [0.717, 1.165) is 6.42 Å². The fraction of sp³-hybridized carbons (Fsp3) is 0.333. The number of nitrogens with two attached hydrogens (primary N) is 1. The topological polar surface area (TPSA) is 26.0 Å². The average molecular weight is 173 g/mol. The third kappa shape index (κ3) is 2.93. The standard InChI is InChI=1S/C12H15N/c1-3-4-8-12(13)11-7-5-6-10(2)9-11/h5-7,9,12H,8,13H2,1-2H3. The quantitative estimate of drug-likeness (QED) is 0.683. The van der Waals surface area contributed by atoms with Crippen LogP contribution in [0.3, 0.4) is 0 Å². The second kappa shape index (κ2) is 4.69. The van der Waals surface area contributed by atoms with Crippen molar-refractivity contribution in [1.29, 1.82) is 0 Å². The van der Waals surface area contributed by atoms with Gasteiger partial charge in [-0.2, -0.15) is 0 Å². The van der Waals surface area contributed by atoms with Crippen molar-refractivity contribution in [1.82, 2.24) is 0 Å². The molecule has 0 aliphatic carbocycles. The van der Waals surface area contributed by atoms with Gasteiger partial charge < -0.3 is 5.73 Å². The lowest BCUT2D eigenvalue weighted by Gasteiger charge is -2.08. The van der Waals surface area contributed by atoms with E-state index in [2.05, 4.69) is 37.0 Å². The van der Waals surface area contributed by atoms with Gasteiger partial charge in [0.15, 0.2) is 0 Å². The lowest BCUT2D eigenvalue weighted by molar-refractivity contribution is 0.753. The van der Waals surface area contributed by atoms with Crippen molar-refractivity contribution >= 4 is 0 Å². The minimum atomic E-state index is 0.0485. The zero-order chi connectivity index (χ0) is 9.68. The Morgan fingerprint density at radius 3 is 2.85 bits per heavy atom. The summed E-state index contributed by atoms with van der Waals surface area (Å²) in [4.78, 5) is 0. The van der Waals surface area contributed by atoms with Gasteiger partial charge >= 0.3 is 0 Å². The van der Waals surface area contributed by atoms with Crippen LogP contribution in [0.1, 0.15) is 30.5 Å². The van der Waals surface area contributed by atoms with E-state index in [1.807, 2.05) is 13.0 Å². The molecule has 1 aromatic carbocycles. The lowest BCUT2D eigenvalue weighted by Crippen LogP contribution is -2.09. The maximum atomic E-state index is 5.95. The first-order chi connectivity index (χ1) is 6.24. The molecule has 1 unspecified atom stereocenters. The van der Waals surface area contributed by atoms with Crippen LogP contribution >= 0.6 is 0 Å². The number of hydrogen-bond acceptors (Lipinski definition) is 1. The normalized spacial score (nSPS) is 11.6. The molecule has 0 aliphatic heterocycles. The number of benzene rings is 1. The van der Waals surface area contributed by atoms with Crippen LogP contribution in [0.2, 0.25) is 0 Å². The summed E-state index contributed by atoms with van der Waals surface area (Å²) in [6.45, 7) is 3.91. The monoisotopic (exact) mass is 173 g/mol. The highest BCUT2D eigenvalue weighted by atomic mass is 14.6. The summed E-state index contributed by atoms with van der Waals surface area (Å²) in [7, 11) is 0. The van der Waals surface area contributed by atoms with Gasteiger partial charge in [-0.3, -0.25) is 0 Å². The van der Waals surface area contributed by atoms with E-state index in [-0.39, 0.29) is 6.04 Å². The molecule has 0 amide bonds. The van der Waals surface area contributed by atoms with Crippen molar-refractivity contribution in [2.45, 2.75) is 26.3 Å². The van der Waals surface area contributed by atoms with Crippen molar-refractivity contribution in [3.8, 4) is 11.8 Å². The second-order valence-electron chi connectivity index (χ2n) is 3.15. The molecule has 1 heteroatoms. The lowest BCUT2D eigenvalue weighted by atomic mass is 10.0. The Labute approximate surface area is 80.0 Å². The van der Waals surface area contributed by atoms with E-state index in [1.54, 1.807) is 0 Å². The smallest absolute Gasteiger partial charge is 0.0405 e. The predicted octanol–water partition coefficient (Wildman–Crippen LogP) is 2.41. The van der Waals surface area contributed by atoms with Gasteiger partial charge in [0.25, 0.3) is 0 Å². The van der Waals surface area contributed by atoms with E-state index in [9.17, 15) is 0 Å². The van der Waals surface area contributed by atoms with Gasteiger partial charge in [-0.25, -0.2) is 0 Å². The Morgan fingerprint density at radius 1 is 1.46 bits per heavy atom. The van der Waals surface area contributed by atoms with Crippen LogP contribution in [0.15, 0.2) is 24.3 Å². The van der Waals surface area contributed by atoms with Gasteiger partial charge in [0.05, 0.1) is 0 Å². The maximum absolute atomic E-state index is 5.95. The maximum Gasteiger partial charge on any atom is 0.0405 e. The zero-order valence-corrected chi connectivity index (χ0v) is 8.17. The SMILES string of the molecule is CC#CCC(N)c1cccc(C)c1. The Morgan fingerprint density at radius 2 is 2.23 bits per heavy atom. The zero-order valence-electron chi connectivity index (χ0n) is 8.17. The van der Waals surface area contributed by atoms with E-state index >= 15 is 0 Å². The van der Waals surface area contributed by atoms with Crippen LogP contribution in [0.4, 0.5) is 0 Å². The first-order valence-electron chi connectivity index (χ1n) is 4.46. The molecule has 0 fully saturated rings. The molecule has 13 heavy (non-hydrogen) atoms. The molecular formula is C12H15N. The average Bonchev–Trinajstić information content (AvgIpc) is 2.14. The van der Waals surface area contributed by atoms with Gasteiger partial charge in [0.2, 0.25) is 0 Å². The summed E-state index contributed by atoms with van der Waals surface area (Å²) in [5, 5.41) is 0. The summed E-state index contributed by atoms with van der Waals surface area (Å²) in [6, 6.07) is 8.31. The molecule has 0 aliphatic rings. The molecule has 0 spiro atoms. The minimum absolute atomic E-state index is 0.0485. The van der Waals surface area contributed by atoms with Crippen molar-refractivity contribution in [3.05, 3.63) is 35.4 Å². The molecule has 68 valence electrons. The summed E-state index contributed by atoms with van der Waals surface area (Å²) >= 11 is 0. The van der Waals surface area contributed by atoms with Crippen LogP contribution in [0.5, 0.6) is 0 Å². The van der Waals surface area contributed by atoms with Gasteiger partial charge in [-0.15, -0.1) is 11.8 Å². The third-order valence-electron chi connectivity index (χ3n) is 1.97. The minimum Gasteiger partial charge on any atom is -0.323 e. The molecule has 0 radical (unpaired) electrons. The molecule has 1 aromatic rings. The van der Waals surface area contributed by atoms with Gasteiger partial charge in [-0.1, -0.05) is 29.8 Å². The molecule has 1 atom stereocenters. The van der Waals surface area contributed by atoms with Gasteiger partial charge in [0.1, 0.15) is 0 Å². The van der Waals surface area contributed by atoms with E-state index in [4.69, 9.17) is 5.73 Å². The highest BCUT2D eigenvalue weighted by Gasteiger charge is 2.02. The molecule has 0 bridgehead atoms. The Kier molecular flexibility index (Phi) is 3.54. The van der Waals surface area contributed by atoms with Crippen molar-refractivity contribution in [2.24, 2.45) is 5.73 Å². The first kappa shape index (κ1) is 9.83. The first-order valence-corrected chi connectivity index (χ1v) is 4.46. The largest absolute Gasteiger partial charge is 0.323 e. The predicted molar refractivity (Wildman–Crippen MR) is 56.2 cm³/mol. The van der Waals surface area contributed by atoms with Crippen LogP contribution in [-0.4, -0.2) is 0 Å². The summed E-state index contributed by atoms with van der Waals surface area (Å²) < 4.78 is 0. The Hall–Kier alpha value is -1.26. The molecule has 0 aromatic heterocycles. The fourth-order valence-electron chi connectivity index (χ4n) is 1.23. The number of aryl methyl sites for hydroxylation is 1. The molecule has 0 saturated carbocycles. The Bertz CT molecular complexity index is 330. The third-order valence-corrected chi connectivity index (χ3v) is 1.97. The second-order valence-corrected chi connectivity index (χ2v) is 3.15. The van der Waals surface area contributed by atoms with Crippen LogP contribution in [-0.2, 0) is 0 Å². The molecule has 0 heterocycles. The van der Waals surface area contributed by atoms with Crippen molar-refractivity contribution in [2.75, 3.05) is 0 Å². The van der Waals surface area contributed by atoms with E-state index < -0.39 is 0 Å². The molecule has 1 rings (SSSR count). The fourth-order valence-corrected chi connectivity index (χ4v) is 1.23. The van der Waals surface area contributed by atoms with Crippen molar-refractivity contribution in [3.63, 3.8) is 0 Å². The highest BCUT2D eigenvalue weighted by Crippen LogP contribution is 2.14. The van der Waals surface area contributed by atoms with E-state index in [0.29, 0.717) is 0 Å². The molecule has 2 N–H and O–H groups in total. The molecule has 1 nitrogen and oxygen atoms in total. The van der Waals surface area contributed by atoms with Crippen molar-refractivity contribution < 1.29 is 0 Å². The van der Waals surface area contributed by atoms with Crippen LogP contribution < -0.4 is 5.73 Å². The molecular weight excluding hydrogens is 158 g/mol. The number of hydrogen-bond donors (Lipinski definition) is 1. The Balaban J connectivity index is 2.74. The molecule has 0 saturated heterocycles. The van der Waals surface area contributed by atoms with Gasteiger partial charge in [0, 0.05) is 12.5 Å². The summed E-state index contributed by atoms with van der Waals surface area (Å²) in [6.07, 6.45) is 0.736.